The molecule has 10 heavy (non-hydrogen) atoms. The average Bonchev–Trinajstić information content (AvgIpc) is 2.34. The predicted molar refractivity (Wildman–Crippen MR) is 41.7 cm³/mol. The molecule has 2 heteroatoms. The van der Waals surface area contributed by atoms with Crippen LogP contribution < -0.4 is 0 Å². The summed E-state index contributed by atoms with van der Waals surface area (Å²) in [6.45, 7) is 6.85. The second-order valence-corrected chi connectivity index (χ2v) is 2.51. The molecule has 2 nitrogen and oxygen atoms in total. The SMILES string of the molecule is C=C(C)CCn1ccnc1. The Kier molecular flexibility index (Phi) is 2.26. The molecule has 0 saturated carbocycles. The van der Waals surface area contributed by atoms with Gasteiger partial charge in [-0.05, 0) is 13.3 Å². The molecule has 0 aliphatic rings. The second kappa shape index (κ2) is 3.20. The van der Waals surface area contributed by atoms with E-state index in [9.17, 15) is 0 Å². The first-order valence-electron chi connectivity index (χ1n) is 3.39. The molecule has 0 bridgehead atoms. The molecule has 1 aromatic heterocycles. The van der Waals surface area contributed by atoms with Crippen molar-refractivity contribution < 1.29 is 0 Å². The second-order valence-electron chi connectivity index (χ2n) is 2.51. The molecule has 0 saturated heterocycles. The highest BCUT2D eigenvalue weighted by atomic mass is 15.0. The van der Waals surface area contributed by atoms with E-state index in [-0.39, 0.29) is 0 Å². The van der Waals surface area contributed by atoms with Crippen molar-refractivity contribution in [2.24, 2.45) is 0 Å². The number of nitrogens with zero attached hydrogens (tertiary/aromatic N) is 2. The van der Waals surface area contributed by atoms with Crippen molar-refractivity contribution in [2.75, 3.05) is 0 Å². The van der Waals surface area contributed by atoms with Crippen LogP contribution in [-0.2, 0) is 6.54 Å². The van der Waals surface area contributed by atoms with Crippen molar-refractivity contribution in [1.82, 2.24) is 9.55 Å². The summed E-state index contributed by atoms with van der Waals surface area (Å²) in [7, 11) is 0. The highest BCUT2D eigenvalue weighted by Crippen LogP contribution is 1.98. The summed E-state index contributed by atoms with van der Waals surface area (Å²) in [6, 6.07) is 0. The molecule has 1 aromatic rings. The quantitative estimate of drug-likeness (QED) is 0.580. The zero-order valence-corrected chi connectivity index (χ0v) is 6.25. The Morgan fingerprint density at radius 2 is 2.50 bits per heavy atom. The first kappa shape index (κ1) is 7.06. The van der Waals surface area contributed by atoms with E-state index in [4.69, 9.17) is 0 Å². The van der Waals surface area contributed by atoms with Crippen molar-refractivity contribution in [2.45, 2.75) is 19.9 Å². The summed E-state index contributed by atoms with van der Waals surface area (Å²) >= 11 is 0. The van der Waals surface area contributed by atoms with E-state index in [1.165, 1.54) is 5.57 Å². The first-order valence-corrected chi connectivity index (χ1v) is 3.39. The van der Waals surface area contributed by atoms with Gasteiger partial charge in [0.25, 0.3) is 0 Å². The van der Waals surface area contributed by atoms with Gasteiger partial charge < -0.3 is 4.57 Å². The smallest absolute Gasteiger partial charge is 0.0946 e. The summed E-state index contributed by atoms with van der Waals surface area (Å²) in [5, 5.41) is 0. The molecular weight excluding hydrogens is 124 g/mol. The number of aryl methyl sites for hydroxylation is 1. The van der Waals surface area contributed by atoms with Crippen LogP contribution in [0.3, 0.4) is 0 Å². The summed E-state index contributed by atoms with van der Waals surface area (Å²) in [6.07, 6.45) is 6.61. The van der Waals surface area contributed by atoms with Gasteiger partial charge in [-0.2, -0.15) is 0 Å². The van der Waals surface area contributed by atoms with E-state index in [1.54, 1.807) is 6.20 Å². The molecule has 0 N–H and O–H groups in total. The van der Waals surface area contributed by atoms with Crippen LogP contribution in [0.2, 0.25) is 0 Å². The first-order chi connectivity index (χ1) is 4.79. The Morgan fingerprint density at radius 1 is 1.70 bits per heavy atom. The summed E-state index contributed by atoms with van der Waals surface area (Å²) in [5.41, 5.74) is 1.22. The molecule has 0 fully saturated rings. The lowest BCUT2D eigenvalue weighted by Crippen LogP contribution is -1.93. The minimum atomic E-state index is 0.995. The lowest BCUT2D eigenvalue weighted by atomic mass is 10.2. The number of aromatic nitrogens is 2. The Bertz CT molecular complexity index is 199. The van der Waals surface area contributed by atoms with Crippen LogP contribution in [0.5, 0.6) is 0 Å². The van der Waals surface area contributed by atoms with E-state index in [2.05, 4.69) is 16.1 Å². The van der Waals surface area contributed by atoms with Gasteiger partial charge in [-0.15, -0.1) is 6.58 Å². The fourth-order valence-electron chi connectivity index (χ4n) is 0.739. The zero-order valence-electron chi connectivity index (χ0n) is 6.25. The van der Waals surface area contributed by atoms with Gasteiger partial charge in [0.2, 0.25) is 0 Å². The van der Waals surface area contributed by atoms with Crippen LogP contribution in [-0.4, -0.2) is 9.55 Å². The van der Waals surface area contributed by atoms with E-state index in [0.717, 1.165) is 13.0 Å². The third-order valence-corrected chi connectivity index (χ3v) is 1.36. The predicted octanol–water partition coefficient (Wildman–Crippen LogP) is 1.85. The largest absolute Gasteiger partial charge is 0.337 e. The molecule has 0 unspecified atom stereocenters. The maximum Gasteiger partial charge on any atom is 0.0946 e. The van der Waals surface area contributed by atoms with Crippen LogP contribution in [0.25, 0.3) is 0 Å². The average molecular weight is 136 g/mol. The summed E-state index contributed by atoms with van der Waals surface area (Å²) in [4.78, 5) is 3.93. The summed E-state index contributed by atoms with van der Waals surface area (Å²) in [5.74, 6) is 0. The minimum Gasteiger partial charge on any atom is -0.337 e. The number of allylic oxidation sites excluding steroid dienone is 1. The summed E-state index contributed by atoms with van der Waals surface area (Å²) < 4.78 is 2.05. The van der Waals surface area contributed by atoms with Crippen molar-refractivity contribution in [1.29, 1.82) is 0 Å². The topological polar surface area (TPSA) is 17.8 Å². The molecule has 0 aliphatic carbocycles. The van der Waals surface area contributed by atoms with Gasteiger partial charge in [0.05, 0.1) is 6.33 Å². The van der Waals surface area contributed by atoms with Gasteiger partial charge in [-0.3, -0.25) is 0 Å². The Hall–Kier alpha value is -1.05. The lowest BCUT2D eigenvalue weighted by Gasteiger charge is -1.99. The van der Waals surface area contributed by atoms with Crippen molar-refractivity contribution in [3.05, 3.63) is 30.9 Å². The fourth-order valence-corrected chi connectivity index (χ4v) is 0.739. The monoisotopic (exact) mass is 136 g/mol. The third kappa shape index (κ3) is 2.05. The molecular formula is C8H12N2. The number of hydrogen-bond acceptors (Lipinski definition) is 1. The molecule has 54 valence electrons. The zero-order chi connectivity index (χ0) is 7.40. The number of rotatable bonds is 3. The fraction of sp³-hybridized carbons (Fsp3) is 0.375. The van der Waals surface area contributed by atoms with Gasteiger partial charge in [-0.1, -0.05) is 5.57 Å². The van der Waals surface area contributed by atoms with E-state index in [1.807, 2.05) is 19.4 Å². The van der Waals surface area contributed by atoms with E-state index in [0.29, 0.717) is 0 Å². The van der Waals surface area contributed by atoms with Crippen molar-refractivity contribution in [3.63, 3.8) is 0 Å². The van der Waals surface area contributed by atoms with Gasteiger partial charge in [-0.25, -0.2) is 4.98 Å². The van der Waals surface area contributed by atoms with E-state index < -0.39 is 0 Å². The minimum absolute atomic E-state index is 0.995. The van der Waals surface area contributed by atoms with Gasteiger partial charge >= 0.3 is 0 Å². The molecule has 0 aromatic carbocycles. The molecule has 0 spiro atoms. The number of imidazole rings is 1. The van der Waals surface area contributed by atoms with Gasteiger partial charge in [0.1, 0.15) is 0 Å². The van der Waals surface area contributed by atoms with E-state index >= 15 is 0 Å². The Balaban J connectivity index is 2.35. The highest BCUT2D eigenvalue weighted by molar-refractivity contribution is 4.88. The third-order valence-electron chi connectivity index (χ3n) is 1.36. The van der Waals surface area contributed by atoms with Crippen molar-refractivity contribution in [3.8, 4) is 0 Å². The van der Waals surface area contributed by atoms with Crippen LogP contribution in [0.1, 0.15) is 13.3 Å². The maximum absolute atomic E-state index is 3.93. The Labute approximate surface area is 61.2 Å². The standard InChI is InChI=1S/C8H12N2/c1-8(2)3-5-10-6-4-9-7-10/h4,6-7H,1,3,5H2,2H3. The van der Waals surface area contributed by atoms with Gasteiger partial charge in [0, 0.05) is 18.9 Å². The molecule has 0 atom stereocenters. The molecule has 0 radical (unpaired) electrons. The molecule has 0 amide bonds. The van der Waals surface area contributed by atoms with Crippen LogP contribution >= 0.6 is 0 Å². The van der Waals surface area contributed by atoms with Gasteiger partial charge in [0.15, 0.2) is 0 Å². The van der Waals surface area contributed by atoms with Crippen LogP contribution in [0.15, 0.2) is 30.9 Å². The molecule has 0 aliphatic heterocycles. The number of hydrogen-bond donors (Lipinski definition) is 0. The lowest BCUT2D eigenvalue weighted by molar-refractivity contribution is 0.692. The van der Waals surface area contributed by atoms with Crippen molar-refractivity contribution >= 4 is 0 Å². The van der Waals surface area contributed by atoms with Crippen LogP contribution in [0.4, 0.5) is 0 Å². The molecule has 1 heterocycles. The maximum atomic E-state index is 3.93. The molecule has 1 rings (SSSR count). The van der Waals surface area contributed by atoms with Crippen LogP contribution in [0, 0.1) is 0 Å². The normalized spacial score (nSPS) is 9.70. The Morgan fingerprint density at radius 3 is 3.00 bits per heavy atom. The highest BCUT2D eigenvalue weighted by Gasteiger charge is 1.88.